The van der Waals surface area contributed by atoms with Crippen LogP contribution in [0.2, 0.25) is 0 Å². The van der Waals surface area contributed by atoms with Crippen molar-refractivity contribution in [3.05, 3.63) is 58.8 Å². The molecule has 9 nitrogen and oxygen atoms in total. The second-order valence-corrected chi connectivity index (χ2v) is 6.36. The molecule has 0 saturated heterocycles. The smallest absolute Gasteiger partial charge is 0.296 e. The number of methoxy groups -OCH3 is 1. The Labute approximate surface area is 161 Å². The van der Waals surface area contributed by atoms with Crippen LogP contribution in [0.3, 0.4) is 0 Å². The first-order valence-corrected chi connectivity index (χ1v) is 8.79. The zero-order valence-corrected chi connectivity index (χ0v) is 15.1. The Kier molecular flexibility index (Phi) is 4.71. The third kappa shape index (κ3) is 3.98. The molecule has 4 rings (SSSR count). The number of pyridine rings is 1. The molecule has 0 spiro atoms. The van der Waals surface area contributed by atoms with Crippen molar-refractivity contribution in [3.8, 4) is 17.1 Å². The van der Waals surface area contributed by atoms with Crippen LogP contribution < -0.4 is 15.4 Å². The second kappa shape index (κ2) is 7.47. The molecule has 1 aromatic carbocycles. The van der Waals surface area contributed by atoms with Gasteiger partial charge < -0.3 is 15.4 Å². The van der Waals surface area contributed by atoms with Crippen molar-refractivity contribution >= 4 is 23.1 Å². The summed E-state index contributed by atoms with van der Waals surface area (Å²) in [5, 5.41) is 17.7. The van der Waals surface area contributed by atoms with Gasteiger partial charge in [0.1, 0.15) is 17.3 Å². The van der Waals surface area contributed by atoms with E-state index < -0.39 is 4.92 Å². The molecule has 1 saturated carbocycles. The van der Waals surface area contributed by atoms with Crippen LogP contribution in [0.25, 0.3) is 11.4 Å². The lowest BCUT2D eigenvalue weighted by molar-refractivity contribution is -0.384. The first-order valence-electron chi connectivity index (χ1n) is 8.79. The van der Waals surface area contributed by atoms with E-state index in [4.69, 9.17) is 4.74 Å². The van der Waals surface area contributed by atoms with Crippen LogP contribution in [0.5, 0.6) is 5.75 Å². The lowest BCUT2D eigenvalue weighted by Gasteiger charge is -2.11. The van der Waals surface area contributed by atoms with Gasteiger partial charge in [0.2, 0.25) is 5.95 Å². The molecule has 0 bridgehead atoms. The first kappa shape index (κ1) is 17.7. The molecule has 142 valence electrons. The third-order valence-corrected chi connectivity index (χ3v) is 4.23. The van der Waals surface area contributed by atoms with E-state index in [9.17, 15) is 10.1 Å². The van der Waals surface area contributed by atoms with E-state index in [0.29, 0.717) is 40.6 Å². The molecule has 0 radical (unpaired) electrons. The maximum absolute atomic E-state index is 11.4. The summed E-state index contributed by atoms with van der Waals surface area (Å²) >= 11 is 0. The number of ether oxygens (including phenoxy) is 1. The topological polar surface area (TPSA) is 115 Å². The average Bonchev–Trinajstić information content (AvgIpc) is 3.52. The molecule has 2 N–H and O–H groups in total. The van der Waals surface area contributed by atoms with Crippen LogP contribution >= 0.6 is 0 Å². The van der Waals surface area contributed by atoms with Crippen molar-refractivity contribution in [1.82, 2.24) is 15.0 Å². The summed E-state index contributed by atoms with van der Waals surface area (Å²) in [5.74, 6) is 1.31. The highest BCUT2D eigenvalue weighted by atomic mass is 16.6. The molecule has 2 heterocycles. The number of anilines is 3. The highest BCUT2D eigenvalue weighted by Gasteiger charge is 2.23. The van der Waals surface area contributed by atoms with E-state index in [1.807, 2.05) is 18.2 Å². The lowest BCUT2D eigenvalue weighted by Crippen LogP contribution is -2.08. The summed E-state index contributed by atoms with van der Waals surface area (Å²) in [5.41, 5.74) is 1.52. The molecule has 2 aromatic heterocycles. The van der Waals surface area contributed by atoms with Gasteiger partial charge in [0.25, 0.3) is 5.69 Å². The Hall–Kier alpha value is -3.75. The molecule has 1 fully saturated rings. The molecule has 0 unspecified atom stereocenters. The maximum atomic E-state index is 11.4. The van der Waals surface area contributed by atoms with Crippen LogP contribution in [-0.4, -0.2) is 33.0 Å². The van der Waals surface area contributed by atoms with E-state index in [-0.39, 0.29) is 5.69 Å². The molecule has 0 aliphatic heterocycles. The van der Waals surface area contributed by atoms with E-state index in [1.54, 1.807) is 24.4 Å². The van der Waals surface area contributed by atoms with Crippen molar-refractivity contribution in [2.75, 3.05) is 17.7 Å². The molecule has 0 amide bonds. The zero-order valence-electron chi connectivity index (χ0n) is 15.1. The molecule has 1 aliphatic rings. The van der Waals surface area contributed by atoms with Crippen molar-refractivity contribution in [2.24, 2.45) is 0 Å². The second-order valence-electron chi connectivity index (χ2n) is 6.36. The Morgan fingerprint density at radius 3 is 2.68 bits per heavy atom. The number of nitro benzene ring substituents is 1. The zero-order chi connectivity index (χ0) is 19.5. The van der Waals surface area contributed by atoms with Crippen LogP contribution in [0.15, 0.2) is 48.7 Å². The quantitative estimate of drug-likeness (QED) is 0.471. The molecule has 0 atom stereocenters. The number of hydrogen-bond acceptors (Lipinski definition) is 8. The van der Waals surface area contributed by atoms with E-state index in [0.717, 1.165) is 12.8 Å². The fraction of sp³-hybridized carbons (Fsp3) is 0.211. The van der Waals surface area contributed by atoms with Gasteiger partial charge in [-0.3, -0.25) is 15.1 Å². The van der Waals surface area contributed by atoms with Gasteiger partial charge in [-0.05, 0) is 37.1 Å². The van der Waals surface area contributed by atoms with Crippen LogP contribution in [0.1, 0.15) is 12.8 Å². The van der Waals surface area contributed by atoms with Gasteiger partial charge in [-0.15, -0.1) is 0 Å². The average molecular weight is 378 g/mol. The third-order valence-electron chi connectivity index (χ3n) is 4.23. The van der Waals surface area contributed by atoms with E-state index >= 15 is 0 Å². The summed E-state index contributed by atoms with van der Waals surface area (Å²) in [7, 11) is 1.46. The Morgan fingerprint density at radius 2 is 2.00 bits per heavy atom. The predicted molar refractivity (Wildman–Crippen MR) is 105 cm³/mol. The number of aromatic nitrogens is 3. The SMILES string of the molecule is COc1ccc(Nc2cc(-c3ccccn3)nc(NC3CC3)n2)c([N+](=O)[O-])c1. The van der Waals surface area contributed by atoms with Gasteiger partial charge in [0.15, 0.2) is 0 Å². The molecule has 1 aliphatic carbocycles. The molecule has 28 heavy (non-hydrogen) atoms. The van der Waals surface area contributed by atoms with Crippen LogP contribution in [0.4, 0.5) is 23.1 Å². The Balaban J connectivity index is 1.72. The number of hydrogen-bond donors (Lipinski definition) is 2. The number of nitro groups is 1. The number of nitrogens with zero attached hydrogens (tertiary/aromatic N) is 4. The largest absolute Gasteiger partial charge is 0.496 e. The minimum Gasteiger partial charge on any atom is -0.496 e. The molecular formula is C19H18N6O3. The summed E-state index contributed by atoms with van der Waals surface area (Å²) < 4.78 is 5.08. The van der Waals surface area contributed by atoms with Crippen molar-refractivity contribution in [2.45, 2.75) is 18.9 Å². The predicted octanol–water partition coefficient (Wildman–Crippen LogP) is 3.77. The van der Waals surface area contributed by atoms with Gasteiger partial charge in [0, 0.05) is 18.3 Å². The van der Waals surface area contributed by atoms with Gasteiger partial charge in [0.05, 0.1) is 29.5 Å². The number of nitrogens with one attached hydrogen (secondary N) is 2. The maximum Gasteiger partial charge on any atom is 0.296 e. The molecular weight excluding hydrogens is 360 g/mol. The normalized spacial score (nSPS) is 13.0. The summed E-state index contributed by atoms with van der Waals surface area (Å²) in [6, 6.07) is 12.2. The van der Waals surface area contributed by atoms with E-state index in [1.165, 1.54) is 13.2 Å². The van der Waals surface area contributed by atoms with Crippen LogP contribution in [0, 0.1) is 10.1 Å². The minimum atomic E-state index is -0.463. The molecule has 3 aromatic rings. The highest BCUT2D eigenvalue weighted by molar-refractivity contribution is 5.72. The fourth-order valence-electron chi connectivity index (χ4n) is 2.66. The van der Waals surface area contributed by atoms with Gasteiger partial charge in [-0.25, -0.2) is 4.98 Å². The summed E-state index contributed by atoms with van der Waals surface area (Å²) in [6.07, 6.45) is 3.83. The fourth-order valence-corrected chi connectivity index (χ4v) is 2.66. The van der Waals surface area contributed by atoms with Gasteiger partial charge in [-0.2, -0.15) is 4.98 Å². The van der Waals surface area contributed by atoms with Crippen molar-refractivity contribution < 1.29 is 9.66 Å². The Morgan fingerprint density at radius 1 is 1.14 bits per heavy atom. The Bertz CT molecular complexity index is 1010. The van der Waals surface area contributed by atoms with Gasteiger partial charge in [-0.1, -0.05) is 6.07 Å². The summed E-state index contributed by atoms with van der Waals surface area (Å²) in [6.45, 7) is 0. The van der Waals surface area contributed by atoms with Crippen molar-refractivity contribution in [1.29, 1.82) is 0 Å². The highest BCUT2D eigenvalue weighted by Crippen LogP contribution is 2.32. The summed E-state index contributed by atoms with van der Waals surface area (Å²) in [4.78, 5) is 24.3. The minimum absolute atomic E-state index is 0.103. The van der Waals surface area contributed by atoms with Crippen LogP contribution in [-0.2, 0) is 0 Å². The monoisotopic (exact) mass is 378 g/mol. The number of rotatable bonds is 7. The van der Waals surface area contributed by atoms with Crippen molar-refractivity contribution in [3.63, 3.8) is 0 Å². The number of benzene rings is 1. The first-order chi connectivity index (χ1) is 13.6. The van der Waals surface area contributed by atoms with Gasteiger partial charge >= 0.3 is 0 Å². The van der Waals surface area contributed by atoms with E-state index in [2.05, 4.69) is 25.6 Å². The lowest BCUT2D eigenvalue weighted by atomic mass is 10.2. The standard InChI is InChI=1S/C19H18N6O3/c1-28-13-7-8-15(17(10-13)25(26)27)22-18-11-16(14-4-2-3-9-20-14)23-19(24-18)21-12-5-6-12/h2-4,7-12H,5-6H2,1H3,(H2,21,22,23,24). The molecule has 9 heteroatoms.